The fourth-order valence-electron chi connectivity index (χ4n) is 3.10. The number of aryl methyl sites for hydroxylation is 1. The van der Waals surface area contributed by atoms with Crippen LogP contribution >= 0.6 is 0 Å². The van der Waals surface area contributed by atoms with Crippen LogP contribution in [0.2, 0.25) is 0 Å². The number of fused-ring (bicyclic) bond motifs is 1. The third kappa shape index (κ3) is 3.72. The van der Waals surface area contributed by atoms with Gasteiger partial charge in [-0.2, -0.15) is 0 Å². The number of hydrogen-bond donors (Lipinski definition) is 0. The molecule has 4 rings (SSSR count). The monoisotopic (exact) mass is 353 g/mol. The summed E-state index contributed by atoms with van der Waals surface area (Å²) in [7, 11) is 0. The normalized spacial score (nSPS) is 10.7. The van der Waals surface area contributed by atoms with Gasteiger partial charge in [-0.15, -0.1) is 0 Å². The van der Waals surface area contributed by atoms with Crippen LogP contribution in [-0.2, 0) is 11.3 Å². The Bertz CT molecular complexity index is 1090. The van der Waals surface area contributed by atoms with Crippen molar-refractivity contribution in [3.05, 3.63) is 102 Å². The number of nitrogens with zero attached hydrogens (tertiary/aromatic N) is 1. The quantitative estimate of drug-likeness (QED) is 0.450. The first-order valence-corrected chi connectivity index (χ1v) is 8.88. The summed E-state index contributed by atoms with van der Waals surface area (Å²) in [5.74, 6) is -0.418. The lowest BCUT2D eigenvalue weighted by Crippen LogP contribution is -2.08. The molecular formula is C24H19NO2. The smallest absolute Gasteiger partial charge is 0.357 e. The summed E-state index contributed by atoms with van der Waals surface area (Å²) in [6, 6.07) is 27.6. The second-order valence-electron chi connectivity index (χ2n) is 6.50. The molecule has 1 heterocycles. The number of aromatic nitrogens is 1. The van der Waals surface area contributed by atoms with Crippen LogP contribution < -0.4 is 0 Å². The van der Waals surface area contributed by atoms with E-state index in [9.17, 15) is 4.79 Å². The zero-order chi connectivity index (χ0) is 18.6. The lowest BCUT2D eigenvalue weighted by Gasteiger charge is -2.11. The van der Waals surface area contributed by atoms with Crippen molar-refractivity contribution in [2.24, 2.45) is 0 Å². The predicted octanol–water partition coefficient (Wildman–Crippen LogP) is 5.57. The van der Waals surface area contributed by atoms with Gasteiger partial charge in [-0.25, -0.2) is 9.78 Å². The molecule has 0 radical (unpaired) electrons. The van der Waals surface area contributed by atoms with Gasteiger partial charge >= 0.3 is 5.97 Å². The van der Waals surface area contributed by atoms with Crippen molar-refractivity contribution in [1.29, 1.82) is 0 Å². The average molecular weight is 353 g/mol. The minimum atomic E-state index is -0.418. The van der Waals surface area contributed by atoms with Gasteiger partial charge in [0.15, 0.2) is 0 Å². The predicted molar refractivity (Wildman–Crippen MR) is 107 cm³/mol. The minimum absolute atomic E-state index is 0.230. The van der Waals surface area contributed by atoms with Crippen molar-refractivity contribution in [2.45, 2.75) is 13.5 Å². The van der Waals surface area contributed by atoms with Crippen molar-refractivity contribution < 1.29 is 9.53 Å². The summed E-state index contributed by atoms with van der Waals surface area (Å²) in [5.41, 5.74) is 5.24. The van der Waals surface area contributed by atoms with E-state index in [0.29, 0.717) is 5.69 Å². The molecule has 0 atom stereocenters. The van der Waals surface area contributed by atoms with E-state index >= 15 is 0 Å². The number of esters is 1. The second kappa shape index (κ2) is 7.42. The molecule has 0 bridgehead atoms. The molecule has 3 nitrogen and oxygen atoms in total. The highest BCUT2D eigenvalue weighted by atomic mass is 16.5. The van der Waals surface area contributed by atoms with Gasteiger partial charge in [0, 0.05) is 5.39 Å². The van der Waals surface area contributed by atoms with Crippen LogP contribution in [0.15, 0.2) is 84.9 Å². The molecule has 0 N–H and O–H groups in total. The van der Waals surface area contributed by atoms with Gasteiger partial charge < -0.3 is 4.74 Å². The molecule has 3 heteroatoms. The molecule has 0 saturated carbocycles. The third-order valence-electron chi connectivity index (χ3n) is 4.47. The zero-order valence-electron chi connectivity index (χ0n) is 15.1. The van der Waals surface area contributed by atoms with Gasteiger partial charge in [0.25, 0.3) is 0 Å². The van der Waals surface area contributed by atoms with Crippen LogP contribution in [0.1, 0.15) is 21.6 Å². The van der Waals surface area contributed by atoms with E-state index < -0.39 is 5.97 Å². The van der Waals surface area contributed by atoms with Gasteiger partial charge in [-0.05, 0) is 41.8 Å². The van der Waals surface area contributed by atoms with Crippen molar-refractivity contribution in [2.75, 3.05) is 0 Å². The molecule has 0 aliphatic heterocycles. The number of benzene rings is 3. The summed E-state index contributed by atoms with van der Waals surface area (Å²) < 4.78 is 5.48. The Morgan fingerprint density at radius 1 is 0.889 bits per heavy atom. The summed E-state index contributed by atoms with van der Waals surface area (Å²) >= 11 is 0. The number of carbonyl (C=O) groups is 1. The van der Waals surface area contributed by atoms with Crippen LogP contribution in [-0.4, -0.2) is 11.0 Å². The van der Waals surface area contributed by atoms with E-state index in [0.717, 1.165) is 33.2 Å². The molecule has 3 aromatic carbocycles. The highest BCUT2D eigenvalue weighted by Crippen LogP contribution is 2.29. The van der Waals surface area contributed by atoms with Crippen LogP contribution in [0, 0.1) is 6.92 Å². The Labute approximate surface area is 158 Å². The number of ether oxygens (including phenoxy) is 1. The zero-order valence-corrected chi connectivity index (χ0v) is 15.1. The number of carbonyl (C=O) groups excluding carboxylic acids is 1. The molecule has 0 fully saturated rings. The summed E-state index contributed by atoms with van der Waals surface area (Å²) in [4.78, 5) is 17.2. The van der Waals surface area contributed by atoms with E-state index in [-0.39, 0.29) is 6.61 Å². The van der Waals surface area contributed by atoms with Gasteiger partial charge in [0.2, 0.25) is 0 Å². The van der Waals surface area contributed by atoms with Crippen LogP contribution in [0.3, 0.4) is 0 Å². The van der Waals surface area contributed by atoms with E-state index in [2.05, 4.69) is 18.0 Å². The van der Waals surface area contributed by atoms with Crippen LogP contribution in [0.4, 0.5) is 0 Å². The molecule has 1 aromatic heterocycles. The Balaban J connectivity index is 1.73. The standard InChI is InChI=1S/C24H19NO2/c1-17-12-13-22-21(14-17)20(19-10-6-3-7-11-19)15-23(25-22)24(26)27-16-18-8-4-2-5-9-18/h2-15H,16H2,1H3. The first kappa shape index (κ1) is 17.0. The van der Waals surface area contributed by atoms with Crippen molar-refractivity contribution in [1.82, 2.24) is 4.98 Å². The molecule has 0 aliphatic carbocycles. The molecule has 132 valence electrons. The molecule has 0 spiro atoms. The Morgan fingerprint density at radius 2 is 1.59 bits per heavy atom. The van der Waals surface area contributed by atoms with E-state index in [1.165, 1.54) is 0 Å². The summed E-state index contributed by atoms with van der Waals surface area (Å²) in [6.45, 7) is 2.28. The maximum atomic E-state index is 12.6. The van der Waals surface area contributed by atoms with E-state index in [1.807, 2.05) is 78.9 Å². The fraction of sp³-hybridized carbons (Fsp3) is 0.0833. The molecule has 0 aliphatic rings. The van der Waals surface area contributed by atoms with Crippen molar-refractivity contribution >= 4 is 16.9 Å². The Morgan fingerprint density at radius 3 is 2.33 bits per heavy atom. The maximum Gasteiger partial charge on any atom is 0.357 e. The van der Waals surface area contributed by atoms with Gasteiger partial charge in [-0.1, -0.05) is 72.3 Å². The third-order valence-corrected chi connectivity index (χ3v) is 4.47. The highest BCUT2D eigenvalue weighted by molar-refractivity contribution is 5.99. The number of rotatable bonds is 4. The molecular weight excluding hydrogens is 334 g/mol. The SMILES string of the molecule is Cc1ccc2nc(C(=O)OCc3ccccc3)cc(-c3ccccc3)c2c1. The van der Waals surface area contributed by atoms with E-state index in [4.69, 9.17) is 4.74 Å². The number of pyridine rings is 1. The molecule has 4 aromatic rings. The molecule has 0 amide bonds. The first-order valence-electron chi connectivity index (χ1n) is 8.88. The maximum absolute atomic E-state index is 12.6. The largest absolute Gasteiger partial charge is 0.456 e. The Kier molecular flexibility index (Phi) is 4.67. The lowest BCUT2D eigenvalue weighted by atomic mass is 9.99. The van der Waals surface area contributed by atoms with Crippen molar-refractivity contribution in [3.8, 4) is 11.1 Å². The fourth-order valence-corrected chi connectivity index (χ4v) is 3.10. The molecule has 27 heavy (non-hydrogen) atoms. The minimum Gasteiger partial charge on any atom is -0.456 e. The second-order valence-corrected chi connectivity index (χ2v) is 6.50. The molecule has 0 unspecified atom stereocenters. The van der Waals surface area contributed by atoms with E-state index in [1.54, 1.807) is 0 Å². The summed E-state index contributed by atoms with van der Waals surface area (Å²) in [6.07, 6.45) is 0. The Hall–Kier alpha value is -3.46. The van der Waals surface area contributed by atoms with Crippen molar-refractivity contribution in [3.63, 3.8) is 0 Å². The van der Waals surface area contributed by atoms with Gasteiger partial charge in [0.1, 0.15) is 12.3 Å². The number of hydrogen-bond acceptors (Lipinski definition) is 3. The van der Waals surface area contributed by atoms with Gasteiger partial charge in [-0.3, -0.25) is 0 Å². The average Bonchev–Trinajstić information content (AvgIpc) is 2.72. The molecule has 0 saturated heterocycles. The van der Waals surface area contributed by atoms with Crippen LogP contribution in [0.25, 0.3) is 22.0 Å². The summed E-state index contributed by atoms with van der Waals surface area (Å²) in [5, 5.41) is 1.03. The first-order chi connectivity index (χ1) is 13.2. The topological polar surface area (TPSA) is 39.2 Å². The highest BCUT2D eigenvalue weighted by Gasteiger charge is 2.15. The lowest BCUT2D eigenvalue weighted by molar-refractivity contribution is 0.0466. The van der Waals surface area contributed by atoms with Crippen LogP contribution in [0.5, 0.6) is 0 Å². The van der Waals surface area contributed by atoms with Gasteiger partial charge in [0.05, 0.1) is 5.52 Å².